The molecule has 23 heavy (non-hydrogen) atoms. The van der Waals surface area contributed by atoms with Crippen molar-refractivity contribution in [1.82, 2.24) is 0 Å². The monoisotopic (exact) mass is 312 g/mol. The molecule has 0 aromatic rings. The minimum absolute atomic E-state index is 0.221. The number of rotatable bonds is 1. The maximum absolute atomic E-state index is 5.99. The van der Waals surface area contributed by atoms with Crippen LogP contribution in [0.25, 0.3) is 0 Å². The van der Waals surface area contributed by atoms with Crippen molar-refractivity contribution in [3.8, 4) is 0 Å². The fourth-order valence-electron chi connectivity index (χ4n) is 6.30. The van der Waals surface area contributed by atoms with E-state index in [1.54, 1.807) is 5.57 Å². The summed E-state index contributed by atoms with van der Waals surface area (Å²) in [5, 5.41) is 0. The predicted octanol–water partition coefficient (Wildman–Crippen LogP) is 4.43. The van der Waals surface area contributed by atoms with Crippen molar-refractivity contribution in [3.05, 3.63) is 35.5 Å². The molecule has 5 aliphatic rings. The first-order valence-corrected chi connectivity index (χ1v) is 9.30. The Hall–Kier alpha value is -0.860. The molecule has 6 unspecified atom stereocenters. The van der Waals surface area contributed by atoms with Gasteiger partial charge < -0.3 is 9.47 Å². The molecule has 0 amide bonds. The van der Waals surface area contributed by atoms with Crippen molar-refractivity contribution < 1.29 is 9.47 Å². The third-order valence-corrected chi connectivity index (χ3v) is 8.10. The van der Waals surface area contributed by atoms with E-state index in [0.29, 0.717) is 17.4 Å². The van der Waals surface area contributed by atoms with Crippen molar-refractivity contribution in [1.29, 1.82) is 0 Å². The van der Waals surface area contributed by atoms with E-state index in [-0.39, 0.29) is 11.0 Å². The summed E-state index contributed by atoms with van der Waals surface area (Å²) < 4.78 is 11.6. The zero-order valence-corrected chi connectivity index (χ0v) is 14.6. The molecule has 124 valence electrons. The highest BCUT2D eigenvalue weighted by atomic mass is 16.6. The summed E-state index contributed by atoms with van der Waals surface area (Å²) >= 11 is 0. The van der Waals surface area contributed by atoms with Gasteiger partial charge in [-0.2, -0.15) is 0 Å². The van der Waals surface area contributed by atoms with Crippen LogP contribution in [-0.4, -0.2) is 25.4 Å². The van der Waals surface area contributed by atoms with Gasteiger partial charge in [0.05, 0.1) is 18.3 Å². The predicted molar refractivity (Wildman–Crippen MR) is 91.1 cm³/mol. The minimum Gasteiger partial charge on any atom is -0.377 e. The highest BCUT2D eigenvalue weighted by Gasteiger charge is 2.68. The average molecular weight is 312 g/mol. The normalized spacial score (nSPS) is 53.3. The largest absolute Gasteiger partial charge is 0.377 e. The van der Waals surface area contributed by atoms with E-state index in [0.717, 1.165) is 18.9 Å². The van der Waals surface area contributed by atoms with Gasteiger partial charge in [-0.3, -0.25) is 0 Å². The second-order valence-electron chi connectivity index (χ2n) is 8.86. The highest BCUT2D eigenvalue weighted by molar-refractivity contribution is 5.47. The number of hydrogen-bond donors (Lipinski definition) is 0. The molecule has 0 aromatic heterocycles. The van der Waals surface area contributed by atoms with Crippen LogP contribution in [-0.2, 0) is 9.47 Å². The minimum atomic E-state index is 0.221. The average Bonchev–Trinajstić information content (AvgIpc) is 3.28. The van der Waals surface area contributed by atoms with Crippen LogP contribution in [0.4, 0.5) is 0 Å². The Morgan fingerprint density at radius 2 is 2.04 bits per heavy atom. The Labute approximate surface area is 139 Å². The van der Waals surface area contributed by atoms with Gasteiger partial charge in [0, 0.05) is 23.9 Å². The van der Waals surface area contributed by atoms with Crippen LogP contribution in [0.2, 0.25) is 0 Å². The van der Waals surface area contributed by atoms with Gasteiger partial charge in [-0.05, 0) is 43.6 Å². The van der Waals surface area contributed by atoms with E-state index in [4.69, 9.17) is 9.47 Å². The number of hydrogen-bond acceptors (Lipinski definition) is 2. The van der Waals surface area contributed by atoms with E-state index >= 15 is 0 Å². The Morgan fingerprint density at radius 3 is 2.78 bits per heavy atom. The van der Waals surface area contributed by atoms with Crippen LogP contribution < -0.4 is 0 Å². The summed E-state index contributed by atoms with van der Waals surface area (Å²) in [5.74, 6) is 1.39. The summed E-state index contributed by atoms with van der Waals surface area (Å²) in [5.41, 5.74) is 3.99. The lowest BCUT2D eigenvalue weighted by atomic mass is 9.53. The van der Waals surface area contributed by atoms with Crippen molar-refractivity contribution in [3.63, 3.8) is 0 Å². The van der Waals surface area contributed by atoms with E-state index in [1.807, 2.05) is 7.11 Å². The molecule has 4 aliphatic carbocycles. The Kier molecular flexibility index (Phi) is 2.77. The van der Waals surface area contributed by atoms with Gasteiger partial charge >= 0.3 is 0 Å². The van der Waals surface area contributed by atoms with Crippen LogP contribution in [0.1, 0.15) is 46.0 Å². The molecular formula is C21H28O2. The zero-order chi connectivity index (χ0) is 15.9. The second kappa shape index (κ2) is 4.40. The molecule has 1 aliphatic heterocycles. The smallest absolute Gasteiger partial charge is 0.0975 e. The Balaban J connectivity index is 1.57. The van der Waals surface area contributed by atoms with Crippen LogP contribution in [0, 0.1) is 22.7 Å². The third-order valence-electron chi connectivity index (χ3n) is 8.10. The molecule has 1 saturated heterocycles. The molecule has 0 bridgehead atoms. The number of fused-ring (bicyclic) bond motifs is 6. The Morgan fingerprint density at radius 1 is 1.22 bits per heavy atom. The van der Waals surface area contributed by atoms with E-state index in [9.17, 15) is 0 Å². The molecule has 0 aromatic carbocycles. The fraction of sp³-hybridized carbons (Fsp3) is 0.714. The summed E-state index contributed by atoms with van der Waals surface area (Å²) in [6.45, 7) is 5.96. The Bertz CT molecular complexity index is 638. The number of methoxy groups -OCH3 is 1. The van der Waals surface area contributed by atoms with Gasteiger partial charge in [0.1, 0.15) is 0 Å². The highest BCUT2D eigenvalue weighted by Crippen LogP contribution is 2.68. The van der Waals surface area contributed by atoms with Crippen molar-refractivity contribution in [2.24, 2.45) is 22.7 Å². The van der Waals surface area contributed by atoms with Gasteiger partial charge in [0.25, 0.3) is 0 Å². The molecule has 0 N–H and O–H groups in total. The van der Waals surface area contributed by atoms with Crippen molar-refractivity contribution in [2.75, 3.05) is 13.7 Å². The number of allylic oxidation sites excluding steroid dienone is 5. The number of epoxide rings is 1. The zero-order valence-electron chi connectivity index (χ0n) is 14.6. The molecular weight excluding hydrogens is 284 g/mol. The van der Waals surface area contributed by atoms with Crippen LogP contribution in [0.5, 0.6) is 0 Å². The van der Waals surface area contributed by atoms with Gasteiger partial charge in [0.2, 0.25) is 0 Å². The summed E-state index contributed by atoms with van der Waals surface area (Å²) in [7, 11) is 1.83. The van der Waals surface area contributed by atoms with Crippen LogP contribution >= 0.6 is 0 Å². The topological polar surface area (TPSA) is 21.8 Å². The van der Waals surface area contributed by atoms with Gasteiger partial charge in [-0.25, -0.2) is 0 Å². The molecule has 5 rings (SSSR count). The maximum Gasteiger partial charge on any atom is 0.0975 e. The van der Waals surface area contributed by atoms with Crippen molar-refractivity contribution >= 4 is 0 Å². The van der Waals surface area contributed by atoms with E-state index in [1.165, 1.54) is 31.3 Å². The lowest BCUT2D eigenvalue weighted by molar-refractivity contribution is 0.0755. The summed E-state index contributed by atoms with van der Waals surface area (Å²) in [6.07, 6.45) is 16.3. The standard InChI is InChI=1S/C21H28O2/c1-19-9-6-15(22-3)12-14(19)4-5-16-17(19)7-10-20(2)18(16)8-11-21(20)13-23-21/h4-5,7,12,15-16,18H,6,8-11,13H2,1-3H3. The quantitative estimate of drug-likeness (QED) is 0.528. The van der Waals surface area contributed by atoms with Crippen molar-refractivity contribution in [2.45, 2.75) is 57.7 Å². The molecule has 2 nitrogen and oxygen atoms in total. The lowest BCUT2D eigenvalue weighted by Crippen LogP contribution is -2.45. The van der Waals surface area contributed by atoms with Crippen LogP contribution in [0.3, 0.4) is 0 Å². The third kappa shape index (κ3) is 1.67. The fourth-order valence-corrected chi connectivity index (χ4v) is 6.30. The maximum atomic E-state index is 5.99. The van der Waals surface area contributed by atoms with E-state index < -0.39 is 0 Å². The molecule has 0 radical (unpaired) electrons. The first kappa shape index (κ1) is 14.5. The van der Waals surface area contributed by atoms with Gasteiger partial charge in [-0.15, -0.1) is 0 Å². The van der Waals surface area contributed by atoms with E-state index in [2.05, 4.69) is 38.2 Å². The summed E-state index contributed by atoms with van der Waals surface area (Å²) in [4.78, 5) is 0. The van der Waals surface area contributed by atoms with Gasteiger partial charge in [-0.1, -0.05) is 43.7 Å². The summed E-state index contributed by atoms with van der Waals surface area (Å²) in [6, 6.07) is 0. The first-order chi connectivity index (χ1) is 11.0. The number of ether oxygens (including phenoxy) is 2. The molecule has 6 atom stereocenters. The van der Waals surface area contributed by atoms with Gasteiger partial charge in [0.15, 0.2) is 0 Å². The first-order valence-electron chi connectivity index (χ1n) is 9.30. The molecule has 1 spiro atoms. The van der Waals surface area contributed by atoms with Crippen LogP contribution in [0.15, 0.2) is 35.5 Å². The SMILES string of the molecule is COC1C=C2C=CC3C(=CCC4(C)C3CCC43CO3)C2(C)CC1. The molecule has 2 heteroatoms. The molecule has 1 saturated carbocycles. The molecule has 2 fully saturated rings. The lowest BCUT2D eigenvalue weighted by Gasteiger charge is -2.51. The second-order valence-corrected chi connectivity index (χ2v) is 8.86. The molecule has 1 heterocycles.